The van der Waals surface area contributed by atoms with Crippen molar-refractivity contribution in [1.82, 2.24) is 9.55 Å². The number of aryl methyl sites for hydroxylation is 1. The van der Waals surface area contributed by atoms with E-state index in [1.54, 1.807) is 7.11 Å². The highest BCUT2D eigenvalue weighted by atomic mass is 16.5. The van der Waals surface area contributed by atoms with Gasteiger partial charge in [0.25, 0.3) is 0 Å². The van der Waals surface area contributed by atoms with Crippen LogP contribution in [0.3, 0.4) is 0 Å². The van der Waals surface area contributed by atoms with Gasteiger partial charge in [0, 0.05) is 35.6 Å². The second kappa shape index (κ2) is 6.67. The Morgan fingerprint density at radius 2 is 1.88 bits per heavy atom. The van der Waals surface area contributed by atoms with Crippen LogP contribution in [0.5, 0.6) is 5.75 Å². The van der Waals surface area contributed by atoms with E-state index >= 15 is 0 Å². The lowest BCUT2D eigenvalue weighted by atomic mass is 10.0. The van der Waals surface area contributed by atoms with Gasteiger partial charge in [-0.25, -0.2) is 4.98 Å². The summed E-state index contributed by atoms with van der Waals surface area (Å²) >= 11 is 0. The summed E-state index contributed by atoms with van der Waals surface area (Å²) in [5, 5.41) is 1.32. The number of methoxy groups -OCH3 is 1. The molecule has 3 aromatic rings. The standard InChI is InChI=1S/C22H27N3O/c1-5-17(6-2)25-14-16-11-12-24(18-7-9-19(26-4)10-8-18)22-21(16)20(25)13-15(3)23-22/h7-10,13-14,17H,5-6,11-12H2,1-4H3. The van der Waals surface area contributed by atoms with E-state index in [-0.39, 0.29) is 0 Å². The van der Waals surface area contributed by atoms with Crippen molar-refractivity contribution in [2.24, 2.45) is 0 Å². The molecule has 4 rings (SSSR count). The summed E-state index contributed by atoms with van der Waals surface area (Å²) in [6, 6.07) is 11.1. The Kier molecular flexibility index (Phi) is 4.35. The Labute approximate surface area is 155 Å². The molecule has 0 aliphatic carbocycles. The molecule has 0 N–H and O–H groups in total. The Hall–Kier alpha value is -2.49. The van der Waals surface area contributed by atoms with E-state index < -0.39 is 0 Å². The van der Waals surface area contributed by atoms with Gasteiger partial charge in [-0.2, -0.15) is 0 Å². The molecule has 1 aliphatic heterocycles. The second-order valence-corrected chi connectivity index (χ2v) is 7.11. The Morgan fingerprint density at radius 3 is 2.54 bits per heavy atom. The van der Waals surface area contributed by atoms with E-state index in [1.165, 1.54) is 22.2 Å². The first-order valence-corrected chi connectivity index (χ1v) is 9.58. The fraction of sp³-hybridized carbons (Fsp3) is 0.409. The quantitative estimate of drug-likeness (QED) is 0.617. The van der Waals surface area contributed by atoms with Gasteiger partial charge in [0.15, 0.2) is 0 Å². The smallest absolute Gasteiger partial charge is 0.143 e. The molecule has 0 fully saturated rings. The van der Waals surface area contributed by atoms with Gasteiger partial charge in [0.1, 0.15) is 11.6 Å². The summed E-state index contributed by atoms with van der Waals surface area (Å²) in [6.45, 7) is 7.61. The maximum atomic E-state index is 5.31. The molecule has 1 aliphatic rings. The summed E-state index contributed by atoms with van der Waals surface area (Å²) < 4.78 is 7.79. The number of anilines is 2. The van der Waals surface area contributed by atoms with Gasteiger partial charge < -0.3 is 14.2 Å². The molecule has 0 saturated carbocycles. The van der Waals surface area contributed by atoms with E-state index in [2.05, 4.69) is 54.6 Å². The third-order valence-electron chi connectivity index (χ3n) is 5.58. The molecule has 0 atom stereocenters. The van der Waals surface area contributed by atoms with Crippen LogP contribution in [-0.4, -0.2) is 23.2 Å². The van der Waals surface area contributed by atoms with Crippen LogP contribution in [0, 0.1) is 6.92 Å². The molecule has 0 radical (unpaired) electrons. The molecule has 1 aromatic carbocycles. The summed E-state index contributed by atoms with van der Waals surface area (Å²) in [5.41, 5.74) is 5.00. The highest BCUT2D eigenvalue weighted by Crippen LogP contribution is 2.40. The Balaban J connectivity index is 1.87. The molecule has 0 bridgehead atoms. The highest BCUT2D eigenvalue weighted by molar-refractivity contribution is 5.97. The molecule has 2 aromatic heterocycles. The number of rotatable bonds is 5. The van der Waals surface area contributed by atoms with Crippen molar-refractivity contribution in [1.29, 1.82) is 0 Å². The minimum atomic E-state index is 0.549. The SMILES string of the molecule is CCC(CC)n1cc2c3c(nc(C)cc31)N(c1ccc(OC)cc1)CC2. The highest BCUT2D eigenvalue weighted by Gasteiger charge is 2.26. The van der Waals surface area contributed by atoms with Crippen LogP contribution in [0.2, 0.25) is 0 Å². The topological polar surface area (TPSA) is 30.3 Å². The van der Waals surface area contributed by atoms with E-state index in [1.807, 2.05) is 12.1 Å². The van der Waals surface area contributed by atoms with Gasteiger partial charge in [-0.3, -0.25) is 0 Å². The third-order valence-corrected chi connectivity index (χ3v) is 5.58. The fourth-order valence-corrected chi connectivity index (χ4v) is 4.17. The Morgan fingerprint density at radius 1 is 1.15 bits per heavy atom. The van der Waals surface area contributed by atoms with Crippen LogP contribution < -0.4 is 9.64 Å². The molecule has 0 amide bonds. The third kappa shape index (κ3) is 2.64. The number of hydrogen-bond acceptors (Lipinski definition) is 3. The zero-order valence-electron chi connectivity index (χ0n) is 16.1. The fourth-order valence-electron chi connectivity index (χ4n) is 4.17. The summed E-state index contributed by atoms with van der Waals surface area (Å²) in [7, 11) is 1.70. The van der Waals surface area contributed by atoms with Crippen LogP contribution in [0.25, 0.3) is 10.9 Å². The van der Waals surface area contributed by atoms with Crippen LogP contribution in [0.1, 0.15) is 44.0 Å². The van der Waals surface area contributed by atoms with Crippen LogP contribution in [0.15, 0.2) is 36.5 Å². The number of nitrogens with zero attached hydrogens (tertiary/aromatic N) is 3. The molecule has 4 heteroatoms. The van der Waals surface area contributed by atoms with E-state index in [0.717, 1.165) is 43.1 Å². The van der Waals surface area contributed by atoms with Crippen molar-refractivity contribution in [3.05, 3.63) is 47.8 Å². The number of pyridine rings is 1. The van der Waals surface area contributed by atoms with Gasteiger partial charge in [0.05, 0.1) is 12.6 Å². The van der Waals surface area contributed by atoms with Gasteiger partial charge in [0.2, 0.25) is 0 Å². The zero-order valence-corrected chi connectivity index (χ0v) is 16.1. The first-order chi connectivity index (χ1) is 12.7. The molecule has 0 unspecified atom stereocenters. The van der Waals surface area contributed by atoms with Gasteiger partial charge in [-0.1, -0.05) is 13.8 Å². The van der Waals surface area contributed by atoms with Crippen LogP contribution >= 0.6 is 0 Å². The number of ether oxygens (including phenoxy) is 1. The maximum absolute atomic E-state index is 5.31. The lowest BCUT2D eigenvalue weighted by Gasteiger charge is -2.29. The zero-order chi connectivity index (χ0) is 18.3. The molecular formula is C22H27N3O. The average molecular weight is 349 g/mol. The van der Waals surface area contributed by atoms with Crippen molar-refractivity contribution < 1.29 is 4.74 Å². The molecule has 26 heavy (non-hydrogen) atoms. The summed E-state index contributed by atoms with van der Waals surface area (Å²) in [6.07, 6.45) is 5.73. The normalized spacial score (nSPS) is 13.7. The average Bonchev–Trinajstić information content (AvgIpc) is 3.03. The molecule has 0 saturated heterocycles. The summed E-state index contributed by atoms with van der Waals surface area (Å²) in [5.74, 6) is 1.98. The van der Waals surface area contributed by atoms with Crippen molar-refractivity contribution in [3.8, 4) is 5.75 Å². The first kappa shape index (κ1) is 17.0. The van der Waals surface area contributed by atoms with Crippen molar-refractivity contribution in [2.45, 2.75) is 46.1 Å². The summed E-state index contributed by atoms with van der Waals surface area (Å²) in [4.78, 5) is 7.28. The lowest BCUT2D eigenvalue weighted by molar-refractivity contribution is 0.415. The van der Waals surface area contributed by atoms with E-state index in [9.17, 15) is 0 Å². The van der Waals surface area contributed by atoms with E-state index in [0.29, 0.717) is 6.04 Å². The first-order valence-electron chi connectivity index (χ1n) is 9.58. The van der Waals surface area contributed by atoms with Crippen molar-refractivity contribution in [3.63, 3.8) is 0 Å². The van der Waals surface area contributed by atoms with Crippen molar-refractivity contribution >= 4 is 22.4 Å². The molecule has 0 spiro atoms. The molecular weight excluding hydrogens is 322 g/mol. The van der Waals surface area contributed by atoms with Crippen molar-refractivity contribution in [2.75, 3.05) is 18.6 Å². The number of hydrogen-bond donors (Lipinski definition) is 0. The van der Waals surface area contributed by atoms with E-state index in [4.69, 9.17) is 9.72 Å². The maximum Gasteiger partial charge on any atom is 0.143 e. The predicted molar refractivity (Wildman–Crippen MR) is 108 cm³/mol. The van der Waals surface area contributed by atoms with Gasteiger partial charge in [-0.15, -0.1) is 0 Å². The molecule has 4 nitrogen and oxygen atoms in total. The predicted octanol–water partition coefficient (Wildman–Crippen LogP) is 5.41. The monoisotopic (exact) mass is 349 g/mol. The Bertz CT molecular complexity index is 923. The number of benzene rings is 1. The number of aromatic nitrogens is 2. The van der Waals surface area contributed by atoms with Crippen LogP contribution in [-0.2, 0) is 6.42 Å². The minimum Gasteiger partial charge on any atom is -0.497 e. The van der Waals surface area contributed by atoms with Crippen LogP contribution in [0.4, 0.5) is 11.5 Å². The second-order valence-electron chi connectivity index (χ2n) is 7.11. The minimum absolute atomic E-state index is 0.549. The molecule has 3 heterocycles. The largest absolute Gasteiger partial charge is 0.497 e. The molecule has 136 valence electrons. The van der Waals surface area contributed by atoms with Gasteiger partial charge >= 0.3 is 0 Å². The lowest BCUT2D eigenvalue weighted by Crippen LogP contribution is -2.24. The van der Waals surface area contributed by atoms with Gasteiger partial charge in [-0.05, 0) is 62.1 Å².